The summed E-state index contributed by atoms with van der Waals surface area (Å²) in [6, 6.07) is 4.85. The highest BCUT2D eigenvalue weighted by Crippen LogP contribution is 2.26. The first kappa shape index (κ1) is 30.9. The molecule has 0 fully saturated rings. The highest BCUT2D eigenvalue weighted by Gasteiger charge is 2.38. The van der Waals surface area contributed by atoms with Gasteiger partial charge in [-0.1, -0.05) is 0 Å². The average Bonchev–Trinajstić information content (AvgIpc) is 3.20. The van der Waals surface area contributed by atoms with E-state index >= 15 is 0 Å². The summed E-state index contributed by atoms with van der Waals surface area (Å²) in [6.45, 7) is 1.46. The number of nitrogens with zero attached hydrogens (tertiary/aromatic N) is 3. The monoisotopic (exact) mass is 563 g/mol. The van der Waals surface area contributed by atoms with E-state index in [-0.39, 0.29) is 11.4 Å². The molecule has 204 valence electrons. The largest absolute Gasteiger partial charge is 0.490 e. The van der Waals surface area contributed by atoms with Gasteiger partial charge in [-0.05, 0) is 25.1 Å². The molecule has 0 aromatic carbocycles. The van der Waals surface area contributed by atoms with Crippen molar-refractivity contribution in [1.82, 2.24) is 14.4 Å². The van der Waals surface area contributed by atoms with Gasteiger partial charge in [-0.15, -0.1) is 0 Å². The molecule has 5 N–H and O–H groups in total. The van der Waals surface area contributed by atoms with E-state index in [9.17, 15) is 39.2 Å². The van der Waals surface area contributed by atoms with Crippen molar-refractivity contribution >= 4 is 39.0 Å². The third kappa shape index (κ3) is 9.09. The number of nitrogens with two attached hydrogens (primary N) is 1. The Hall–Kier alpha value is -4.16. The van der Waals surface area contributed by atoms with Crippen LogP contribution in [0.5, 0.6) is 0 Å². The van der Waals surface area contributed by atoms with E-state index in [4.69, 9.17) is 25.5 Å². The number of rotatable bonds is 4. The molecule has 19 heteroatoms. The normalized spacial score (nSPS) is 11.6. The number of sulfonamides is 1. The molecule has 0 aliphatic heterocycles. The lowest BCUT2D eigenvalue weighted by molar-refractivity contribution is -0.193. The third-order valence-corrected chi connectivity index (χ3v) is 5.12. The third-order valence-electron chi connectivity index (χ3n) is 3.83. The van der Waals surface area contributed by atoms with Gasteiger partial charge in [0.1, 0.15) is 5.69 Å². The SMILES string of the molecule is CCS(=O)(=O)Nc1cc(-c2cnc3c(N)cccn23)cnc1F.O=C(O)C(F)(F)F.O=C(O)C(F)(F)F. The van der Waals surface area contributed by atoms with Gasteiger partial charge >= 0.3 is 24.3 Å². The minimum Gasteiger partial charge on any atom is -0.475 e. The van der Waals surface area contributed by atoms with Gasteiger partial charge in [0, 0.05) is 18.0 Å². The summed E-state index contributed by atoms with van der Waals surface area (Å²) >= 11 is 0. The van der Waals surface area contributed by atoms with Crippen LogP contribution in [0.25, 0.3) is 16.9 Å². The van der Waals surface area contributed by atoms with E-state index in [1.807, 2.05) is 0 Å². The number of nitrogens with one attached hydrogen (secondary N) is 1. The Morgan fingerprint density at radius 2 is 1.57 bits per heavy atom. The molecule has 0 spiro atoms. The fourth-order valence-corrected chi connectivity index (χ4v) is 2.77. The number of fused-ring (bicyclic) bond motifs is 1. The number of pyridine rings is 2. The molecule has 3 heterocycles. The number of carbonyl (C=O) groups is 2. The molecule has 0 aliphatic carbocycles. The van der Waals surface area contributed by atoms with Crippen LogP contribution in [0.15, 0.2) is 36.8 Å². The van der Waals surface area contributed by atoms with Crippen LogP contribution >= 0.6 is 0 Å². The summed E-state index contributed by atoms with van der Waals surface area (Å²) in [6.07, 6.45) is -5.53. The van der Waals surface area contributed by atoms with E-state index in [0.717, 1.165) is 0 Å². The standard InChI is InChI=1S/C14H14FN5O2S.2C2HF3O2/c1-2-23(21,22)19-11-6-9(7-17-13(11)15)12-8-18-14-10(16)4-3-5-20(12)14;2*3-2(4,5)1(6)7/h3-8,19H,2,16H2,1H3;2*(H,6,7). The van der Waals surface area contributed by atoms with Crippen LogP contribution in [0.2, 0.25) is 0 Å². The number of anilines is 2. The quantitative estimate of drug-likeness (QED) is 0.274. The van der Waals surface area contributed by atoms with Crippen molar-refractivity contribution in [2.24, 2.45) is 0 Å². The maximum absolute atomic E-state index is 13.8. The van der Waals surface area contributed by atoms with Crippen LogP contribution < -0.4 is 10.5 Å². The number of aromatic nitrogens is 3. The molecule has 37 heavy (non-hydrogen) atoms. The first-order valence-electron chi connectivity index (χ1n) is 9.28. The van der Waals surface area contributed by atoms with Crippen LogP contribution in [-0.4, -0.2) is 63.0 Å². The zero-order valence-electron chi connectivity index (χ0n) is 18.2. The molecule has 3 rings (SSSR count). The topological polar surface area (TPSA) is 177 Å². The van der Waals surface area contributed by atoms with Gasteiger partial charge in [0.25, 0.3) is 0 Å². The molecule has 11 nitrogen and oxygen atoms in total. The van der Waals surface area contributed by atoms with Gasteiger partial charge < -0.3 is 15.9 Å². The molecule has 0 amide bonds. The minimum absolute atomic E-state index is 0.164. The second-order valence-corrected chi connectivity index (χ2v) is 8.49. The predicted molar refractivity (Wildman–Crippen MR) is 113 cm³/mol. The van der Waals surface area contributed by atoms with Crippen molar-refractivity contribution in [2.45, 2.75) is 19.3 Å². The molecule has 3 aromatic rings. The van der Waals surface area contributed by atoms with E-state index in [1.165, 1.54) is 19.2 Å². The fraction of sp³-hybridized carbons (Fsp3) is 0.222. The number of hydrogen-bond acceptors (Lipinski definition) is 7. The van der Waals surface area contributed by atoms with Crippen molar-refractivity contribution in [3.8, 4) is 11.3 Å². The molecule has 0 bridgehead atoms. The second kappa shape index (κ2) is 11.7. The van der Waals surface area contributed by atoms with Crippen molar-refractivity contribution in [1.29, 1.82) is 0 Å². The molecular formula is C18H16F7N5O6S. The number of imidazole rings is 1. The van der Waals surface area contributed by atoms with Gasteiger partial charge in [0.15, 0.2) is 5.65 Å². The molecular weight excluding hydrogens is 547 g/mol. The molecule has 0 unspecified atom stereocenters. The maximum Gasteiger partial charge on any atom is 0.490 e. The van der Waals surface area contributed by atoms with Gasteiger partial charge in [0.2, 0.25) is 16.0 Å². The Bertz CT molecular complexity index is 1350. The first-order valence-corrected chi connectivity index (χ1v) is 10.9. The number of aliphatic carboxylic acids is 2. The number of hydrogen-bond donors (Lipinski definition) is 4. The number of alkyl halides is 6. The summed E-state index contributed by atoms with van der Waals surface area (Å²) in [4.78, 5) is 25.6. The van der Waals surface area contributed by atoms with Crippen molar-refractivity contribution < 1.29 is 59.0 Å². The molecule has 0 saturated carbocycles. The van der Waals surface area contributed by atoms with E-state index in [1.54, 1.807) is 28.9 Å². The van der Waals surface area contributed by atoms with Crippen LogP contribution in [0.1, 0.15) is 6.92 Å². The summed E-state index contributed by atoms with van der Waals surface area (Å²) < 4.78 is 104. The Morgan fingerprint density at radius 1 is 1.05 bits per heavy atom. The zero-order valence-corrected chi connectivity index (χ0v) is 19.0. The highest BCUT2D eigenvalue weighted by molar-refractivity contribution is 7.92. The second-order valence-electron chi connectivity index (χ2n) is 6.47. The predicted octanol–water partition coefficient (Wildman–Crippen LogP) is 3.15. The number of nitrogen functional groups attached to an aromatic ring is 1. The van der Waals surface area contributed by atoms with Crippen molar-refractivity contribution in [2.75, 3.05) is 16.2 Å². The lowest BCUT2D eigenvalue weighted by Crippen LogP contribution is -2.21. The van der Waals surface area contributed by atoms with Gasteiger partial charge in [0.05, 0.1) is 23.3 Å². The van der Waals surface area contributed by atoms with E-state index < -0.39 is 40.3 Å². The average molecular weight is 563 g/mol. The lowest BCUT2D eigenvalue weighted by Gasteiger charge is -2.09. The van der Waals surface area contributed by atoms with Crippen LogP contribution in [0.3, 0.4) is 0 Å². The summed E-state index contributed by atoms with van der Waals surface area (Å²) in [5.41, 5.74) is 7.84. The number of carboxylic acids is 2. The molecule has 0 atom stereocenters. The molecule has 0 radical (unpaired) electrons. The Kier molecular flexibility index (Phi) is 9.78. The van der Waals surface area contributed by atoms with Gasteiger partial charge in [-0.3, -0.25) is 9.12 Å². The van der Waals surface area contributed by atoms with Crippen LogP contribution in [0, 0.1) is 5.95 Å². The molecule has 0 saturated heterocycles. The van der Waals surface area contributed by atoms with Crippen molar-refractivity contribution in [3.05, 3.63) is 42.7 Å². The Morgan fingerprint density at radius 3 is 2.03 bits per heavy atom. The number of carboxylic acid groups (broad SMARTS) is 2. The Balaban J connectivity index is 0.000000404. The van der Waals surface area contributed by atoms with Gasteiger partial charge in [-0.2, -0.15) is 30.7 Å². The summed E-state index contributed by atoms with van der Waals surface area (Å²) in [5, 5.41) is 14.2. The van der Waals surface area contributed by atoms with Crippen LogP contribution in [-0.2, 0) is 19.6 Å². The fourth-order valence-electron chi connectivity index (χ4n) is 2.15. The molecule has 3 aromatic heterocycles. The van der Waals surface area contributed by atoms with Crippen LogP contribution in [0.4, 0.5) is 42.1 Å². The summed E-state index contributed by atoms with van der Waals surface area (Å²) in [7, 11) is -3.60. The Labute approximate surface area is 202 Å². The number of halogens is 7. The van der Waals surface area contributed by atoms with Gasteiger partial charge in [-0.25, -0.2) is 28.0 Å². The summed E-state index contributed by atoms with van der Waals surface area (Å²) in [5.74, 6) is -6.57. The first-order chi connectivity index (χ1) is 16.8. The van der Waals surface area contributed by atoms with E-state index in [2.05, 4.69) is 14.7 Å². The maximum atomic E-state index is 13.8. The van der Waals surface area contributed by atoms with E-state index in [0.29, 0.717) is 22.6 Å². The minimum atomic E-state index is -5.08. The smallest absolute Gasteiger partial charge is 0.475 e. The van der Waals surface area contributed by atoms with Crippen molar-refractivity contribution in [3.63, 3.8) is 0 Å². The lowest BCUT2D eigenvalue weighted by atomic mass is 10.2. The molecule has 0 aliphatic rings. The highest BCUT2D eigenvalue weighted by atomic mass is 32.2. The zero-order chi connectivity index (χ0) is 28.8.